The smallest absolute Gasteiger partial charge is 0.224 e. The molecular formula is C22H24N2O2S2. The van der Waals surface area contributed by atoms with Gasteiger partial charge in [0, 0.05) is 42.7 Å². The van der Waals surface area contributed by atoms with E-state index in [0.29, 0.717) is 18.1 Å². The van der Waals surface area contributed by atoms with Crippen molar-refractivity contribution in [3.05, 3.63) is 59.1 Å². The molecule has 1 fully saturated rings. The third kappa shape index (κ3) is 5.34. The van der Waals surface area contributed by atoms with Crippen molar-refractivity contribution in [1.82, 2.24) is 4.98 Å². The third-order valence-electron chi connectivity index (χ3n) is 4.77. The number of anilines is 1. The molecule has 1 amide bonds. The van der Waals surface area contributed by atoms with Gasteiger partial charge in [-0.2, -0.15) is 11.8 Å². The van der Waals surface area contributed by atoms with Gasteiger partial charge in [0.1, 0.15) is 0 Å². The molecule has 2 heterocycles. The Labute approximate surface area is 173 Å². The summed E-state index contributed by atoms with van der Waals surface area (Å²) in [6.45, 7) is 1.75. The van der Waals surface area contributed by atoms with Crippen LogP contribution in [0, 0.1) is 0 Å². The molecule has 0 atom stereocenters. The number of fused-ring (bicyclic) bond motifs is 1. The summed E-state index contributed by atoms with van der Waals surface area (Å²) in [6.07, 6.45) is 3.38. The van der Waals surface area contributed by atoms with Gasteiger partial charge >= 0.3 is 0 Å². The van der Waals surface area contributed by atoms with Gasteiger partial charge in [-0.3, -0.25) is 4.79 Å². The second-order valence-corrected chi connectivity index (χ2v) is 9.35. The number of hydrogen-bond acceptors (Lipinski definition) is 5. The van der Waals surface area contributed by atoms with Crippen molar-refractivity contribution < 1.29 is 9.53 Å². The van der Waals surface area contributed by atoms with Crippen LogP contribution in [-0.4, -0.2) is 29.4 Å². The molecule has 0 bridgehead atoms. The lowest BCUT2D eigenvalue weighted by Crippen LogP contribution is -2.17. The first-order chi connectivity index (χ1) is 13.8. The number of aromatic nitrogens is 1. The van der Waals surface area contributed by atoms with Crippen LogP contribution < -0.4 is 5.32 Å². The third-order valence-corrected chi connectivity index (χ3v) is 7.31. The Morgan fingerprint density at radius 2 is 2.04 bits per heavy atom. The van der Waals surface area contributed by atoms with Crippen molar-refractivity contribution in [3.63, 3.8) is 0 Å². The topological polar surface area (TPSA) is 51.2 Å². The molecule has 4 nitrogen and oxygen atoms in total. The number of para-hydroxylation sites is 1. The summed E-state index contributed by atoms with van der Waals surface area (Å²) >= 11 is 3.65. The largest absolute Gasteiger partial charge is 0.381 e. The molecule has 0 radical (unpaired) electrons. The molecule has 28 heavy (non-hydrogen) atoms. The Kier molecular flexibility index (Phi) is 6.62. The molecule has 4 rings (SSSR count). The molecule has 6 heteroatoms. The van der Waals surface area contributed by atoms with Crippen LogP contribution in [0.1, 0.15) is 29.8 Å². The van der Waals surface area contributed by atoms with E-state index in [4.69, 9.17) is 4.74 Å². The number of amides is 1. The Morgan fingerprint density at radius 3 is 2.89 bits per heavy atom. The summed E-state index contributed by atoms with van der Waals surface area (Å²) in [6, 6.07) is 16.3. The van der Waals surface area contributed by atoms with Gasteiger partial charge in [-0.05, 0) is 42.7 Å². The molecule has 0 saturated carbocycles. The fourth-order valence-electron chi connectivity index (χ4n) is 3.27. The van der Waals surface area contributed by atoms with Crippen LogP contribution in [0.2, 0.25) is 0 Å². The van der Waals surface area contributed by atoms with Crippen LogP contribution in [0.15, 0.2) is 48.5 Å². The van der Waals surface area contributed by atoms with Gasteiger partial charge in [-0.25, -0.2) is 4.98 Å². The summed E-state index contributed by atoms with van der Waals surface area (Å²) in [5, 5.41) is 4.73. The monoisotopic (exact) mass is 412 g/mol. The first-order valence-corrected chi connectivity index (χ1v) is 11.6. The highest BCUT2D eigenvalue weighted by molar-refractivity contribution is 7.99. The van der Waals surface area contributed by atoms with Crippen molar-refractivity contribution >= 4 is 44.9 Å². The standard InChI is InChI=1S/C22H24N2O2S2/c25-21(8-9-22-24-19-6-1-2-7-20(19)28-22)23-17-5-3-4-16(14-17)15-27-18-10-12-26-13-11-18/h1-7,14,18H,8-13,15H2,(H,23,25). The summed E-state index contributed by atoms with van der Waals surface area (Å²) in [5.41, 5.74) is 3.14. The molecule has 1 N–H and O–H groups in total. The predicted molar refractivity (Wildman–Crippen MR) is 118 cm³/mol. The van der Waals surface area contributed by atoms with E-state index in [1.165, 1.54) is 10.3 Å². The average molecular weight is 413 g/mol. The number of nitrogens with zero attached hydrogens (tertiary/aromatic N) is 1. The molecule has 2 aromatic carbocycles. The number of benzene rings is 2. The van der Waals surface area contributed by atoms with Gasteiger partial charge in [0.15, 0.2) is 0 Å². The maximum absolute atomic E-state index is 12.4. The molecule has 1 aromatic heterocycles. The summed E-state index contributed by atoms with van der Waals surface area (Å²) < 4.78 is 6.60. The maximum atomic E-state index is 12.4. The summed E-state index contributed by atoms with van der Waals surface area (Å²) in [7, 11) is 0. The van der Waals surface area contributed by atoms with Crippen LogP contribution in [0.5, 0.6) is 0 Å². The highest BCUT2D eigenvalue weighted by atomic mass is 32.2. The fraction of sp³-hybridized carbons (Fsp3) is 0.364. The molecule has 1 aliphatic heterocycles. The number of aryl methyl sites for hydroxylation is 1. The van der Waals surface area contributed by atoms with Crippen molar-refractivity contribution in [1.29, 1.82) is 0 Å². The van der Waals surface area contributed by atoms with E-state index in [2.05, 4.69) is 28.5 Å². The van der Waals surface area contributed by atoms with Crippen LogP contribution in [0.4, 0.5) is 5.69 Å². The van der Waals surface area contributed by atoms with Crippen LogP contribution in [0.25, 0.3) is 10.2 Å². The number of ether oxygens (including phenoxy) is 1. The number of carbonyl (C=O) groups excluding carboxylic acids is 1. The van der Waals surface area contributed by atoms with Gasteiger partial charge in [-0.1, -0.05) is 24.3 Å². The molecule has 0 spiro atoms. The molecular weight excluding hydrogens is 388 g/mol. The minimum atomic E-state index is 0.0356. The second kappa shape index (κ2) is 9.54. The van der Waals surface area contributed by atoms with Crippen molar-refractivity contribution in [3.8, 4) is 0 Å². The Balaban J connectivity index is 1.27. The van der Waals surface area contributed by atoms with E-state index in [1.807, 2.05) is 42.1 Å². The minimum Gasteiger partial charge on any atom is -0.381 e. The first-order valence-electron chi connectivity index (χ1n) is 9.69. The molecule has 1 aliphatic rings. The SMILES string of the molecule is O=C(CCc1nc2ccccc2s1)Nc1cccc(CSC2CCOCC2)c1. The van der Waals surface area contributed by atoms with E-state index in [9.17, 15) is 4.79 Å². The van der Waals surface area contributed by atoms with Crippen LogP contribution in [-0.2, 0) is 21.7 Å². The van der Waals surface area contributed by atoms with Gasteiger partial charge in [0.25, 0.3) is 0 Å². The van der Waals surface area contributed by atoms with Gasteiger partial charge in [-0.15, -0.1) is 11.3 Å². The van der Waals surface area contributed by atoms with Crippen LogP contribution in [0.3, 0.4) is 0 Å². The van der Waals surface area contributed by atoms with Gasteiger partial charge in [0.05, 0.1) is 15.2 Å². The first kappa shape index (κ1) is 19.4. The number of hydrogen-bond donors (Lipinski definition) is 1. The lowest BCUT2D eigenvalue weighted by atomic mass is 10.2. The predicted octanol–water partition coefficient (Wildman–Crippen LogP) is 5.28. The van der Waals surface area contributed by atoms with Crippen molar-refractivity contribution in [2.45, 2.75) is 36.7 Å². The highest BCUT2D eigenvalue weighted by Crippen LogP contribution is 2.27. The lowest BCUT2D eigenvalue weighted by molar-refractivity contribution is -0.116. The molecule has 1 saturated heterocycles. The van der Waals surface area contributed by atoms with E-state index in [-0.39, 0.29) is 5.91 Å². The van der Waals surface area contributed by atoms with E-state index >= 15 is 0 Å². The van der Waals surface area contributed by atoms with E-state index in [0.717, 1.165) is 48.0 Å². The molecule has 3 aromatic rings. The summed E-state index contributed by atoms with van der Waals surface area (Å²) in [4.78, 5) is 17.0. The van der Waals surface area contributed by atoms with E-state index in [1.54, 1.807) is 11.3 Å². The van der Waals surface area contributed by atoms with Gasteiger partial charge < -0.3 is 10.1 Å². The zero-order chi connectivity index (χ0) is 19.2. The summed E-state index contributed by atoms with van der Waals surface area (Å²) in [5.74, 6) is 1.01. The van der Waals surface area contributed by atoms with Crippen molar-refractivity contribution in [2.75, 3.05) is 18.5 Å². The number of thiazole rings is 1. The van der Waals surface area contributed by atoms with Gasteiger partial charge in [0.2, 0.25) is 5.91 Å². The zero-order valence-corrected chi connectivity index (χ0v) is 17.4. The fourth-order valence-corrected chi connectivity index (χ4v) is 5.37. The van der Waals surface area contributed by atoms with E-state index < -0.39 is 0 Å². The number of carbonyl (C=O) groups is 1. The quantitative estimate of drug-likeness (QED) is 0.574. The van der Waals surface area contributed by atoms with Crippen LogP contribution >= 0.6 is 23.1 Å². The number of nitrogens with one attached hydrogen (secondary N) is 1. The zero-order valence-electron chi connectivity index (χ0n) is 15.7. The number of rotatable bonds is 7. The Hall–Kier alpha value is -1.89. The lowest BCUT2D eigenvalue weighted by Gasteiger charge is -2.21. The highest BCUT2D eigenvalue weighted by Gasteiger charge is 2.14. The Bertz CT molecular complexity index is 902. The molecule has 146 valence electrons. The maximum Gasteiger partial charge on any atom is 0.224 e. The average Bonchev–Trinajstić information content (AvgIpc) is 3.15. The molecule has 0 aliphatic carbocycles. The number of thioether (sulfide) groups is 1. The minimum absolute atomic E-state index is 0.0356. The van der Waals surface area contributed by atoms with Crippen molar-refractivity contribution in [2.24, 2.45) is 0 Å². The molecule has 0 unspecified atom stereocenters. The Morgan fingerprint density at radius 1 is 1.18 bits per heavy atom. The second-order valence-electron chi connectivity index (χ2n) is 6.95. The normalized spacial score (nSPS) is 15.0.